The zero-order valence-corrected chi connectivity index (χ0v) is 22.7. The van der Waals surface area contributed by atoms with E-state index in [0.29, 0.717) is 5.69 Å². The molecular formula is C30H33ClN4O3. The Kier molecular flexibility index (Phi) is 10.5. The number of hydrogen-bond donors (Lipinski definition) is 2. The summed E-state index contributed by atoms with van der Waals surface area (Å²) < 4.78 is 6.57. The number of aromatic nitrogens is 2. The summed E-state index contributed by atoms with van der Waals surface area (Å²) in [6.07, 6.45) is 1.81. The minimum atomic E-state index is -0.527. The molecule has 0 unspecified atom stereocenters. The van der Waals surface area contributed by atoms with Gasteiger partial charge in [-0.15, -0.1) is 0 Å². The van der Waals surface area contributed by atoms with Gasteiger partial charge in [0.25, 0.3) is 5.56 Å². The van der Waals surface area contributed by atoms with Crippen LogP contribution in [0.15, 0.2) is 83.7 Å². The van der Waals surface area contributed by atoms with Crippen LogP contribution in [0.5, 0.6) is 0 Å². The molecule has 1 aromatic heterocycles. The number of aryl methyl sites for hydroxylation is 2. The number of carbonyl (C=O) groups is 1. The number of nitrogens with two attached hydrogens (primary N) is 1. The van der Waals surface area contributed by atoms with Crippen LogP contribution in [0.2, 0.25) is 5.15 Å². The molecule has 3 aromatic carbocycles. The van der Waals surface area contributed by atoms with Crippen LogP contribution in [0.25, 0.3) is 0 Å². The molecule has 38 heavy (non-hydrogen) atoms. The van der Waals surface area contributed by atoms with Gasteiger partial charge < -0.3 is 15.8 Å². The predicted molar refractivity (Wildman–Crippen MR) is 154 cm³/mol. The first-order valence-electron chi connectivity index (χ1n) is 12.5. The Bertz CT molecular complexity index is 1420. The molecule has 0 amide bonds. The molecule has 3 N–H and O–H groups in total. The van der Waals surface area contributed by atoms with E-state index < -0.39 is 11.5 Å². The smallest absolute Gasteiger partial charge is 0.326 e. The number of benzene rings is 3. The van der Waals surface area contributed by atoms with E-state index in [-0.39, 0.29) is 24.1 Å². The first-order valence-corrected chi connectivity index (χ1v) is 12.9. The second kappa shape index (κ2) is 14.0. The molecule has 8 heteroatoms. The molecule has 0 saturated heterocycles. The van der Waals surface area contributed by atoms with Crippen molar-refractivity contribution in [3.63, 3.8) is 0 Å². The predicted octanol–water partition coefficient (Wildman–Crippen LogP) is 6.09. The number of anilines is 3. The molecule has 0 spiro atoms. The van der Waals surface area contributed by atoms with E-state index in [1.165, 1.54) is 10.1 Å². The fourth-order valence-corrected chi connectivity index (χ4v) is 3.92. The largest absolute Gasteiger partial charge is 0.459 e. The number of halogens is 1. The van der Waals surface area contributed by atoms with Gasteiger partial charge in [0.1, 0.15) is 13.2 Å². The monoisotopic (exact) mass is 532 g/mol. The summed E-state index contributed by atoms with van der Waals surface area (Å²) >= 11 is 6.22. The molecular weight excluding hydrogens is 500 g/mol. The molecule has 0 aliphatic heterocycles. The number of nitrogen functional groups attached to an aromatic ring is 1. The maximum atomic E-state index is 12.9. The van der Waals surface area contributed by atoms with Crippen molar-refractivity contribution in [3.8, 4) is 0 Å². The second-order valence-corrected chi connectivity index (χ2v) is 8.92. The highest BCUT2D eigenvalue weighted by Crippen LogP contribution is 2.20. The van der Waals surface area contributed by atoms with Crippen LogP contribution in [-0.2, 0) is 35.5 Å². The Labute approximate surface area is 228 Å². The molecule has 0 fully saturated rings. The van der Waals surface area contributed by atoms with Gasteiger partial charge >= 0.3 is 5.97 Å². The van der Waals surface area contributed by atoms with E-state index in [0.717, 1.165) is 35.3 Å². The normalized spacial score (nSPS) is 10.3. The average molecular weight is 533 g/mol. The summed E-state index contributed by atoms with van der Waals surface area (Å²) in [5.41, 5.74) is 10.4. The third-order valence-electron chi connectivity index (χ3n) is 5.98. The number of hydrogen-bond acceptors (Lipinski definition) is 6. The number of nitrogens with zero attached hydrogens (tertiary/aromatic N) is 2. The van der Waals surface area contributed by atoms with Gasteiger partial charge in [-0.2, -0.15) is 0 Å². The molecule has 4 aromatic rings. The van der Waals surface area contributed by atoms with Crippen LogP contribution >= 0.6 is 11.6 Å². The van der Waals surface area contributed by atoms with Gasteiger partial charge in [0, 0.05) is 11.4 Å². The van der Waals surface area contributed by atoms with Crippen molar-refractivity contribution in [3.05, 3.63) is 117 Å². The third kappa shape index (κ3) is 7.70. The molecule has 0 aliphatic carbocycles. The summed E-state index contributed by atoms with van der Waals surface area (Å²) in [7, 11) is 0. The highest BCUT2D eigenvalue weighted by atomic mass is 35.5. The third-order valence-corrected chi connectivity index (χ3v) is 6.34. The van der Waals surface area contributed by atoms with E-state index in [1.807, 2.05) is 79.7 Å². The molecule has 0 bridgehead atoms. The first-order chi connectivity index (χ1) is 18.3. The lowest BCUT2D eigenvalue weighted by Crippen LogP contribution is -2.30. The lowest BCUT2D eigenvalue weighted by molar-refractivity contribution is -0.145. The molecule has 4 rings (SSSR count). The van der Waals surface area contributed by atoms with Gasteiger partial charge in [-0.3, -0.25) is 14.2 Å². The average Bonchev–Trinajstić information content (AvgIpc) is 2.94. The van der Waals surface area contributed by atoms with Crippen LogP contribution in [0.3, 0.4) is 0 Å². The summed E-state index contributed by atoms with van der Waals surface area (Å²) in [4.78, 5) is 29.4. The van der Waals surface area contributed by atoms with Gasteiger partial charge in [0.05, 0.1) is 5.69 Å². The van der Waals surface area contributed by atoms with E-state index in [9.17, 15) is 9.59 Å². The summed E-state index contributed by atoms with van der Waals surface area (Å²) in [5, 5.41) is 3.20. The van der Waals surface area contributed by atoms with E-state index in [1.54, 1.807) is 6.92 Å². The van der Waals surface area contributed by atoms with Crippen molar-refractivity contribution in [1.82, 2.24) is 9.55 Å². The Morgan fingerprint density at radius 2 is 1.55 bits per heavy atom. The Hall–Kier alpha value is -4.10. The lowest BCUT2D eigenvalue weighted by atomic mass is 10.1. The summed E-state index contributed by atoms with van der Waals surface area (Å²) in [5.74, 6) is -0.460. The van der Waals surface area contributed by atoms with Crippen molar-refractivity contribution in [2.24, 2.45) is 0 Å². The molecule has 7 nitrogen and oxygen atoms in total. The van der Waals surface area contributed by atoms with Crippen LogP contribution in [0, 0.1) is 6.92 Å². The van der Waals surface area contributed by atoms with E-state index in [4.69, 9.17) is 22.1 Å². The van der Waals surface area contributed by atoms with E-state index in [2.05, 4.69) is 23.3 Å². The SMILES string of the molecule is CCc1ccccc1N.CCc1ccccc1Nc1nc(Cl)c(C)n(CC(=O)OCc2ccccc2)c1=O. The summed E-state index contributed by atoms with van der Waals surface area (Å²) in [6.45, 7) is 5.67. The van der Waals surface area contributed by atoms with Gasteiger partial charge in [-0.25, -0.2) is 4.98 Å². The molecule has 1 heterocycles. The lowest BCUT2D eigenvalue weighted by Gasteiger charge is -2.15. The molecule has 0 atom stereocenters. The van der Waals surface area contributed by atoms with Crippen molar-refractivity contribution >= 4 is 34.8 Å². The molecule has 198 valence electrons. The van der Waals surface area contributed by atoms with Crippen molar-refractivity contribution in [1.29, 1.82) is 0 Å². The molecule has 0 aliphatic rings. The fourth-order valence-electron chi connectivity index (χ4n) is 3.74. The zero-order valence-electron chi connectivity index (χ0n) is 21.9. The highest BCUT2D eigenvalue weighted by Gasteiger charge is 2.17. The van der Waals surface area contributed by atoms with E-state index >= 15 is 0 Å². The van der Waals surface area contributed by atoms with Crippen LogP contribution < -0.4 is 16.6 Å². The Morgan fingerprint density at radius 3 is 2.18 bits per heavy atom. The topological polar surface area (TPSA) is 99.2 Å². The quantitative estimate of drug-likeness (QED) is 0.210. The maximum absolute atomic E-state index is 12.9. The number of carbonyl (C=O) groups excluding carboxylic acids is 1. The van der Waals surface area contributed by atoms with Crippen molar-refractivity contribution < 1.29 is 9.53 Å². The van der Waals surface area contributed by atoms with Crippen molar-refractivity contribution in [2.45, 2.75) is 46.8 Å². The molecule has 0 saturated carbocycles. The van der Waals surface area contributed by atoms with Crippen molar-refractivity contribution in [2.75, 3.05) is 11.1 Å². The zero-order chi connectivity index (χ0) is 27.5. The highest BCUT2D eigenvalue weighted by molar-refractivity contribution is 6.30. The first kappa shape index (κ1) is 28.5. The van der Waals surface area contributed by atoms with Gasteiger partial charge in [-0.1, -0.05) is 92.2 Å². The van der Waals surface area contributed by atoms with Gasteiger partial charge in [0.2, 0.25) is 0 Å². The number of nitrogens with one attached hydrogen (secondary N) is 1. The van der Waals surface area contributed by atoms with Gasteiger partial charge in [0.15, 0.2) is 11.0 Å². The summed E-state index contributed by atoms with van der Waals surface area (Å²) in [6, 6.07) is 24.9. The Morgan fingerprint density at radius 1 is 0.947 bits per heavy atom. The van der Waals surface area contributed by atoms with Gasteiger partial charge in [-0.05, 0) is 48.6 Å². The number of para-hydroxylation sites is 2. The number of esters is 1. The van der Waals surface area contributed by atoms with Crippen LogP contribution in [0.1, 0.15) is 36.2 Å². The van der Waals surface area contributed by atoms with Crippen LogP contribution in [-0.4, -0.2) is 15.5 Å². The minimum Gasteiger partial charge on any atom is -0.459 e. The number of ether oxygens (including phenoxy) is 1. The van der Waals surface area contributed by atoms with Crippen LogP contribution in [0.4, 0.5) is 17.2 Å². The minimum absolute atomic E-state index is 0.0670. The fraction of sp³-hybridized carbons (Fsp3) is 0.233. The maximum Gasteiger partial charge on any atom is 0.326 e. The standard InChI is InChI=1S/C22H22ClN3O3.C8H11N/c1-3-17-11-7-8-12-18(17)24-21-22(28)26(15(2)20(23)25-21)13-19(27)29-14-16-9-5-4-6-10-16;1-2-7-5-3-4-6-8(7)9/h4-12H,3,13-14H2,1-2H3,(H,24,25);3-6H,2,9H2,1H3. The molecule has 0 radical (unpaired) electrons. The number of rotatable bonds is 8. The Balaban J connectivity index is 0.000000375. The second-order valence-electron chi connectivity index (χ2n) is 8.56.